The molecule has 3 aromatic rings. The van der Waals surface area contributed by atoms with E-state index in [1.807, 2.05) is 61.6 Å². The van der Waals surface area contributed by atoms with Gasteiger partial charge in [-0.1, -0.05) is 24.6 Å². The molecule has 0 radical (unpaired) electrons. The maximum Gasteiger partial charge on any atom is 0.254 e. The number of anilines is 1. The van der Waals surface area contributed by atoms with Crippen LogP contribution >= 0.6 is 0 Å². The van der Waals surface area contributed by atoms with Crippen molar-refractivity contribution < 1.29 is 9.53 Å². The van der Waals surface area contributed by atoms with Gasteiger partial charge in [0.15, 0.2) is 11.6 Å². The summed E-state index contributed by atoms with van der Waals surface area (Å²) >= 11 is 0. The number of carbonyl (C=O) groups excluding carboxylic acids is 1. The highest BCUT2D eigenvalue weighted by atomic mass is 16.5. The van der Waals surface area contributed by atoms with Crippen molar-refractivity contribution in [2.24, 2.45) is 13.0 Å². The molecule has 4 rings (SSSR count). The average Bonchev–Trinajstić information content (AvgIpc) is 3.23. The van der Waals surface area contributed by atoms with Crippen LogP contribution in [-0.2, 0) is 7.05 Å². The van der Waals surface area contributed by atoms with E-state index in [4.69, 9.17) is 4.74 Å². The first-order chi connectivity index (χ1) is 15.5. The van der Waals surface area contributed by atoms with Crippen LogP contribution in [0.3, 0.4) is 0 Å². The Kier molecular flexibility index (Phi) is 6.44. The Morgan fingerprint density at radius 2 is 2.16 bits per heavy atom. The van der Waals surface area contributed by atoms with Gasteiger partial charge in [-0.05, 0) is 49.4 Å². The standard InChI is InChI=1S/C25H31N5O2/c1-17-9-10-20(19-14-28-29(3)16-19)21(13-17)25(31)30-12-6-7-18(2)22(30)15-27-24-23(32-4)8-5-11-26-24/h5,8-11,13-14,16,18,22H,6-7,12,15H2,1-4H3,(H,26,27). The molecule has 0 bridgehead atoms. The minimum Gasteiger partial charge on any atom is -0.493 e. The molecule has 32 heavy (non-hydrogen) atoms. The third-order valence-corrected chi connectivity index (χ3v) is 6.27. The van der Waals surface area contributed by atoms with Crippen molar-refractivity contribution in [3.63, 3.8) is 0 Å². The number of rotatable bonds is 6. The highest BCUT2D eigenvalue weighted by Gasteiger charge is 2.33. The molecule has 1 aliphatic rings. The minimum absolute atomic E-state index is 0.0604. The van der Waals surface area contributed by atoms with Crippen LogP contribution in [0.4, 0.5) is 5.82 Å². The van der Waals surface area contributed by atoms with E-state index in [0.717, 1.165) is 41.6 Å². The molecule has 3 heterocycles. The van der Waals surface area contributed by atoms with Gasteiger partial charge in [0.05, 0.1) is 19.3 Å². The number of methoxy groups -OCH3 is 1. The smallest absolute Gasteiger partial charge is 0.254 e. The number of nitrogens with zero attached hydrogens (tertiary/aromatic N) is 4. The summed E-state index contributed by atoms with van der Waals surface area (Å²) in [6.45, 7) is 5.61. The van der Waals surface area contributed by atoms with Crippen molar-refractivity contribution in [1.82, 2.24) is 19.7 Å². The molecule has 168 valence electrons. The number of benzene rings is 1. The van der Waals surface area contributed by atoms with E-state index in [2.05, 4.69) is 22.3 Å². The summed E-state index contributed by atoms with van der Waals surface area (Å²) in [5, 5.41) is 7.72. The molecule has 1 aliphatic heterocycles. The van der Waals surface area contributed by atoms with Crippen molar-refractivity contribution in [3.8, 4) is 16.9 Å². The Labute approximate surface area is 189 Å². The summed E-state index contributed by atoms with van der Waals surface area (Å²) in [5.41, 5.74) is 3.67. The predicted molar refractivity (Wildman–Crippen MR) is 126 cm³/mol. The Bertz CT molecular complexity index is 1090. The molecule has 1 saturated heterocycles. The summed E-state index contributed by atoms with van der Waals surface area (Å²) in [4.78, 5) is 20.3. The van der Waals surface area contributed by atoms with E-state index < -0.39 is 0 Å². The van der Waals surface area contributed by atoms with Gasteiger partial charge in [-0.25, -0.2) is 4.98 Å². The molecular weight excluding hydrogens is 402 g/mol. The Morgan fingerprint density at radius 1 is 1.31 bits per heavy atom. The van der Waals surface area contributed by atoms with E-state index in [1.54, 1.807) is 18.0 Å². The van der Waals surface area contributed by atoms with Gasteiger partial charge < -0.3 is 15.0 Å². The third-order valence-electron chi connectivity index (χ3n) is 6.27. The van der Waals surface area contributed by atoms with Crippen molar-refractivity contribution in [1.29, 1.82) is 0 Å². The van der Waals surface area contributed by atoms with Crippen LogP contribution in [-0.4, -0.2) is 51.8 Å². The molecule has 2 aromatic heterocycles. The van der Waals surface area contributed by atoms with E-state index >= 15 is 0 Å². The molecule has 0 aliphatic carbocycles. The third kappa shape index (κ3) is 4.47. The average molecular weight is 434 g/mol. The molecule has 0 spiro atoms. The topological polar surface area (TPSA) is 72.3 Å². The number of ether oxygens (including phenoxy) is 1. The first-order valence-electron chi connectivity index (χ1n) is 11.1. The molecule has 2 unspecified atom stereocenters. The molecule has 2 atom stereocenters. The van der Waals surface area contributed by atoms with Crippen molar-refractivity contribution in [2.45, 2.75) is 32.7 Å². The summed E-state index contributed by atoms with van der Waals surface area (Å²) in [6, 6.07) is 9.86. The van der Waals surface area contributed by atoms with E-state index in [0.29, 0.717) is 24.0 Å². The zero-order valence-corrected chi connectivity index (χ0v) is 19.2. The van der Waals surface area contributed by atoms with Crippen molar-refractivity contribution >= 4 is 11.7 Å². The number of carbonyl (C=O) groups is 1. The van der Waals surface area contributed by atoms with Gasteiger partial charge in [-0.15, -0.1) is 0 Å². The van der Waals surface area contributed by atoms with E-state index in [-0.39, 0.29) is 11.9 Å². The van der Waals surface area contributed by atoms with Crippen LogP contribution in [0.1, 0.15) is 35.7 Å². The predicted octanol–water partition coefficient (Wildman–Crippen LogP) is 4.15. The lowest BCUT2D eigenvalue weighted by atomic mass is 9.89. The Morgan fingerprint density at radius 3 is 2.91 bits per heavy atom. The Balaban J connectivity index is 1.62. The number of likely N-dealkylation sites (tertiary alicyclic amines) is 1. The lowest BCUT2D eigenvalue weighted by molar-refractivity contribution is 0.0540. The quantitative estimate of drug-likeness (QED) is 0.632. The minimum atomic E-state index is 0.0604. The molecule has 1 aromatic carbocycles. The van der Waals surface area contributed by atoms with Gasteiger partial charge in [0.25, 0.3) is 5.91 Å². The highest BCUT2D eigenvalue weighted by molar-refractivity contribution is 6.01. The largest absolute Gasteiger partial charge is 0.493 e. The van der Waals surface area contributed by atoms with Crippen molar-refractivity contribution in [3.05, 3.63) is 60.0 Å². The summed E-state index contributed by atoms with van der Waals surface area (Å²) in [7, 11) is 3.53. The number of aromatic nitrogens is 3. The zero-order chi connectivity index (χ0) is 22.7. The van der Waals surface area contributed by atoms with E-state index in [1.165, 1.54) is 0 Å². The van der Waals surface area contributed by atoms with Crippen LogP contribution in [0.2, 0.25) is 0 Å². The highest BCUT2D eigenvalue weighted by Crippen LogP contribution is 2.30. The summed E-state index contributed by atoms with van der Waals surface area (Å²) < 4.78 is 7.19. The Hall–Kier alpha value is -3.35. The molecule has 1 amide bonds. The molecule has 0 saturated carbocycles. The number of pyridine rings is 1. The van der Waals surface area contributed by atoms with Crippen LogP contribution in [0.15, 0.2) is 48.9 Å². The number of piperidine rings is 1. The monoisotopic (exact) mass is 433 g/mol. The normalized spacial score (nSPS) is 18.4. The molecule has 1 fully saturated rings. The fourth-order valence-electron chi connectivity index (χ4n) is 4.50. The fraction of sp³-hybridized carbons (Fsp3) is 0.400. The number of nitrogens with one attached hydrogen (secondary N) is 1. The fourth-order valence-corrected chi connectivity index (χ4v) is 4.50. The molecule has 7 heteroatoms. The number of hydrogen-bond acceptors (Lipinski definition) is 5. The van der Waals surface area contributed by atoms with Crippen molar-refractivity contribution in [2.75, 3.05) is 25.5 Å². The van der Waals surface area contributed by atoms with Gasteiger partial charge >= 0.3 is 0 Å². The van der Waals surface area contributed by atoms with Gasteiger partial charge in [0, 0.05) is 43.7 Å². The summed E-state index contributed by atoms with van der Waals surface area (Å²) in [5.74, 6) is 1.85. The van der Waals surface area contributed by atoms with E-state index in [9.17, 15) is 4.79 Å². The second kappa shape index (κ2) is 9.42. The first kappa shape index (κ1) is 21.9. The van der Waals surface area contributed by atoms with Gasteiger partial charge in [0.2, 0.25) is 0 Å². The van der Waals surface area contributed by atoms with Crippen LogP contribution in [0.5, 0.6) is 5.75 Å². The lowest BCUT2D eigenvalue weighted by Gasteiger charge is -2.40. The number of hydrogen-bond donors (Lipinski definition) is 1. The first-order valence-corrected chi connectivity index (χ1v) is 11.1. The van der Waals surface area contributed by atoms with Gasteiger partial charge in [0.1, 0.15) is 0 Å². The zero-order valence-electron chi connectivity index (χ0n) is 19.2. The molecular formula is C25H31N5O2. The number of aryl methyl sites for hydroxylation is 2. The second-order valence-electron chi connectivity index (χ2n) is 8.57. The second-order valence-corrected chi connectivity index (χ2v) is 8.57. The number of amides is 1. The lowest BCUT2D eigenvalue weighted by Crippen LogP contribution is -2.51. The maximum atomic E-state index is 13.9. The summed E-state index contributed by atoms with van der Waals surface area (Å²) in [6.07, 6.45) is 7.60. The maximum absolute atomic E-state index is 13.9. The van der Waals surface area contributed by atoms with Gasteiger partial charge in [-0.2, -0.15) is 5.10 Å². The molecule has 7 nitrogen and oxygen atoms in total. The SMILES string of the molecule is COc1cccnc1NCC1C(C)CCCN1C(=O)c1cc(C)ccc1-c1cnn(C)c1. The van der Waals surface area contributed by atoms with Crippen LogP contribution in [0, 0.1) is 12.8 Å². The molecule has 1 N–H and O–H groups in total. The van der Waals surface area contributed by atoms with Gasteiger partial charge in [-0.3, -0.25) is 9.48 Å². The van der Waals surface area contributed by atoms with Crippen LogP contribution in [0.25, 0.3) is 11.1 Å². The van der Waals surface area contributed by atoms with Crippen LogP contribution < -0.4 is 10.1 Å².